The fourth-order valence-electron chi connectivity index (χ4n) is 6.25. The SMILES string of the molecule is Cc1cc(F)cc(C(C)C2CC(Cl)c3c2ccc(NC(=O)CC(C)C2CCC(C)C2)c3C)c1. The van der Waals surface area contributed by atoms with Gasteiger partial charge in [-0.3, -0.25) is 4.79 Å². The van der Waals surface area contributed by atoms with Crippen molar-refractivity contribution in [2.45, 2.75) is 83.9 Å². The normalized spacial score (nSPS) is 26.2. The number of hydrogen-bond donors (Lipinski definition) is 1. The minimum atomic E-state index is -0.187. The van der Waals surface area contributed by atoms with Crippen molar-refractivity contribution in [1.29, 1.82) is 0 Å². The summed E-state index contributed by atoms with van der Waals surface area (Å²) in [5.41, 5.74) is 6.25. The van der Waals surface area contributed by atoms with Crippen LogP contribution in [0.2, 0.25) is 0 Å². The monoisotopic (exact) mass is 469 g/mol. The number of aryl methyl sites for hydroxylation is 1. The molecular formula is C29H37ClFNO. The molecule has 1 fully saturated rings. The Labute approximate surface area is 203 Å². The van der Waals surface area contributed by atoms with Gasteiger partial charge in [-0.15, -0.1) is 11.6 Å². The molecule has 0 bridgehead atoms. The fraction of sp³-hybridized carbons (Fsp3) is 0.552. The van der Waals surface area contributed by atoms with Gasteiger partial charge >= 0.3 is 0 Å². The molecule has 6 unspecified atom stereocenters. The van der Waals surface area contributed by atoms with Crippen LogP contribution in [0.25, 0.3) is 0 Å². The van der Waals surface area contributed by atoms with Gasteiger partial charge < -0.3 is 5.32 Å². The van der Waals surface area contributed by atoms with Crippen LogP contribution < -0.4 is 5.32 Å². The number of hydrogen-bond acceptors (Lipinski definition) is 1. The van der Waals surface area contributed by atoms with E-state index in [0.29, 0.717) is 18.3 Å². The summed E-state index contributed by atoms with van der Waals surface area (Å²) in [6, 6.07) is 9.43. The molecule has 1 amide bonds. The number of amides is 1. The van der Waals surface area contributed by atoms with Crippen molar-refractivity contribution in [3.8, 4) is 0 Å². The molecule has 4 rings (SSSR count). The first-order valence-corrected chi connectivity index (χ1v) is 12.9. The van der Waals surface area contributed by atoms with Gasteiger partial charge in [0.15, 0.2) is 0 Å². The van der Waals surface area contributed by atoms with Crippen molar-refractivity contribution in [2.24, 2.45) is 17.8 Å². The molecule has 0 spiro atoms. The van der Waals surface area contributed by atoms with E-state index in [1.807, 2.05) is 13.0 Å². The second-order valence-electron chi connectivity index (χ2n) is 10.8. The molecule has 2 aliphatic carbocycles. The lowest BCUT2D eigenvalue weighted by Crippen LogP contribution is -2.20. The van der Waals surface area contributed by atoms with Gasteiger partial charge in [-0.25, -0.2) is 4.39 Å². The zero-order chi connectivity index (χ0) is 23.9. The van der Waals surface area contributed by atoms with Crippen LogP contribution >= 0.6 is 11.6 Å². The number of carbonyl (C=O) groups is 1. The van der Waals surface area contributed by atoms with Crippen LogP contribution in [0.15, 0.2) is 30.3 Å². The Morgan fingerprint density at radius 2 is 1.91 bits per heavy atom. The van der Waals surface area contributed by atoms with Gasteiger partial charge in [-0.2, -0.15) is 0 Å². The van der Waals surface area contributed by atoms with Gasteiger partial charge in [0, 0.05) is 12.1 Å². The summed E-state index contributed by atoms with van der Waals surface area (Å²) >= 11 is 6.84. The molecule has 178 valence electrons. The van der Waals surface area contributed by atoms with Gasteiger partial charge in [0.1, 0.15) is 5.82 Å². The third kappa shape index (κ3) is 5.14. The second kappa shape index (κ2) is 9.78. The summed E-state index contributed by atoms with van der Waals surface area (Å²) in [4.78, 5) is 12.8. The highest BCUT2D eigenvalue weighted by Gasteiger charge is 2.36. The summed E-state index contributed by atoms with van der Waals surface area (Å²) in [6.45, 7) is 10.7. The van der Waals surface area contributed by atoms with Crippen molar-refractivity contribution in [3.05, 3.63) is 64.0 Å². The van der Waals surface area contributed by atoms with E-state index in [2.05, 4.69) is 45.1 Å². The molecule has 2 aromatic rings. The number of alkyl halides is 1. The van der Waals surface area contributed by atoms with Gasteiger partial charge in [0.05, 0.1) is 5.38 Å². The van der Waals surface area contributed by atoms with E-state index in [-0.39, 0.29) is 28.9 Å². The molecule has 6 atom stereocenters. The third-order valence-electron chi connectivity index (χ3n) is 8.24. The highest BCUT2D eigenvalue weighted by atomic mass is 35.5. The zero-order valence-corrected chi connectivity index (χ0v) is 21.3. The maximum Gasteiger partial charge on any atom is 0.224 e. The van der Waals surface area contributed by atoms with E-state index in [4.69, 9.17) is 11.6 Å². The van der Waals surface area contributed by atoms with Crippen LogP contribution in [0.5, 0.6) is 0 Å². The molecular weight excluding hydrogens is 433 g/mol. The number of carbonyl (C=O) groups excluding carboxylic acids is 1. The van der Waals surface area contributed by atoms with Crippen LogP contribution in [0.3, 0.4) is 0 Å². The van der Waals surface area contributed by atoms with E-state index in [1.54, 1.807) is 12.1 Å². The van der Waals surface area contributed by atoms with Crippen molar-refractivity contribution in [2.75, 3.05) is 5.32 Å². The van der Waals surface area contributed by atoms with Crippen molar-refractivity contribution in [1.82, 2.24) is 0 Å². The first kappa shape index (κ1) is 24.3. The largest absolute Gasteiger partial charge is 0.326 e. The Hall–Kier alpha value is -1.87. The maximum atomic E-state index is 14.0. The summed E-state index contributed by atoms with van der Waals surface area (Å²) < 4.78 is 14.0. The zero-order valence-electron chi connectivity index (χ0n) is 20.6. The first-order valence-electron chi connectivity index (χ1n) is 12.5. The standard InChI is InChI=1S/C29H37ClFNO/c1-16-6-7-21(10-16)18(3)13-28(33)32-27-9-8-24-25(15-26(30)29(24)20(27)5)19(4)22-11-17(2)12-23(31)14-22/h8-9,11-12,14,16,18-19,21,25-26H,6-7,10,13,15H2,1-5H3,(H,32,33). The number of benzene rings is 2. The smallest absolute Gasteiger partial charge is 0.224 e. The molecule has 2 nitrogen and oxygen atoms in total. The molecule has 0 heterocycles. The van der Waals surface area contributed by atoms with Crippen LogP contribution in [0, 0.1) is 37.4 Å². The van der Waals surface area contributed by atoms with E-state index >= 15 is 0 Å². The minimum Gasteiger partial charge on any atom is -0.326 e. The topological polar surface area (TPSA) is 29.1 Å². The van der Waals surface area contributed by atoms with Crippen molar-refractivity contribution >= 4 is 23.2 Å². The number of fused-ring (bicyclic) bond motifs is 1. The Balaban J connectivity index is 1.50. The predicted octanol–water partition coefficient (Wildman–Crippen LogP) is 8.41. The number of nitrogens with one attached hydrogen (secondary N) is 1. The minimum absolute atomic E-state index is 0.0920. The Bertz CT molecular complexity index is 1010. The molecule has 0 saturated heterocycles. The lowest BCUT2D eigenvalue weighted by atomic mass is 9.83. The molecule has 4 heteroatoms. The quantitative estimate of drug-likeness (QED) is 0.422. The molecule has 2 aliphatic rings. The highest BCUT2D eigenvalue weighted by Crippen LogP contribution is 2.52. The first-order chi connectivity index (χ1) is 15.6. The molecule has 1 N–H and O–H groups in total. The lowest BCUT2D eigenvalue weighted by molar-refractivity contribution is -0.117. The Kier molecular flexibility index (Phi) is 7.19. The maximum absolute atomic E-state index is 14.0. The molecule has 0 radical (unpaired) electrons. The highest BCUT2D eigenvalue weighted by molar-refractivity contribution is 6.21. The summed E-state index contributed by atoms with van der Waals surface area (Å²) in [5, 5.41) is 3.07. The molecule has 0 aromatic heterocycles. The van der Waals surface area contributed by atoms with E-state index in [1.165, 1.54) is 24.8 Å². The van der Waals surface area contributed by atoms with E-state index in [0.717, 1.165) is 40.3 Å². The van der Waals surface area contributed by atoms with Crippen LogP contribution in [0.1, 0.15) is 97.9 Å². The third-order valence-corrected chi connectivity index (χ3v) is 8.63. The van der Waals surface area contributed by atoms with Gasteiger partial charge in [-0.05, 0) is 109 Å². The lowest BCUT2D eigenvalue weighted by Gasteiger charge is -2.22. The number of anilines is 1. The Morgan fingerprint density at radius 3 is 2.58 bits per heavy atom. The fourth-order valence-corrected chi connectivity index (χ4v) is 6.73. The summed E-state index contributed by atoms with van der Waals surface area (Å²) in [5.74, 6) is 2.15. The molecule has 33 heavy (non-hydrogen) atoms. The summed E-state index contributed by atoms with van der Waals surface area (Å²) in [7, 11) is 0. The number of halogens is 2. The van der Waals surface area contributed by atoms with E-state index < -0.39 is 0 Å². The van der Waals surface area contributed by atoms with Crippen molar-refractivity contribution < 1.29 is 9.18 Å². The molecule has 1 saturated carbocycles. The summed E-state index contributed by atoms with van der Waals surface area (Å²) in [6.07, 6.45) is 5.16. The van der Waals surface area contributed by atoms with Crippen LogP contribution in [-0.4, -0.2) is 5.91 Å². The van der Waals surface area contributed by atoms with Crippen LogP contribution in [-0.2, 0) is 4.79 Å². The van der Waals surface area contributed by atoms with E-state index in [9.17, 15) is 9.18 Å². The van der Waals surface area contributed by atoms with Gasteiger partial charge in [0.2, 0.25) is 5.91 Å². The molecule has 2 aromatic carbocycles. The van der Waals surface area contributed by atoms with Crippen LogP contribution in [0.4, 0.5) is 10.1 Å². The van der Waals surface area contributed by atoms with Gasteiger partial charge in [0.25, 0.3) is 0 Å². The second-order valence-corrected chi connectivity index (χ2v) is 11.3. The van der Waals surface area contributed by atoms with Crippen molar-refractivity contribution in [3.63, 3.8) is 0 Å². The number of rotatable bonds is 6. The average Bonchev–Trinajstić information content (AvgIpc) is 3.32. The average molecular weight is 470 g/mol. The van der Waals surface area contributed by atoms with Gasteiger partial charge in [-0.1, -0.05) is 39.3 Å². The molecule has 0 aliphatic heterocycles. The predicted molar refractivity (Wildman–Crippen MR) is 136 cm³/mol. The Morgan fingerprint density at radius 1 is 1.15 bits per heavy atom.